The Morgan fingerprint density at radius 2 is 2.25 bits per heavy atom. The van der Waals surface area contributed by atoms with Crippen LogP contribution in [0.5, 0.6) is 0 Å². The molecule has 0 spiro atoms. The summed E-state index contributed by atoms with van der Waals surface area (Å²) in [7, 11) is 3.72. The van der Waals surface area contributed by atoms with Crippen LogP contribution in [-0.4, -0.2) is 29.5 Å². The van der Waals surface area contributed by atoms with Gasteiger partial charge in [0, 0.05) is 25.9 Å². The Kier molecular flexibility index (Phi) is 5.49. The molecule has 4 nitrogen and oxygen atoms in total. The quantitative estimate of drug-likeness (QED) is 0.770. The molecular formula is C12H23N3O. The molecule has 0 aliphatic rings. The third-order valence-corrected chi connectivity index (χ3v) is 2.76. The number of nitrogens with one attached hydrogen (secondary N) is 1. The zero-order valence-electron chi connectivity index (χ0n) is 10.7. The van der Waals surface area contributed by atoms with Crippen molar-refractivity contribution in [3.05, 3.63) is 18.0 Å². The first-order valence-electron chi connectivity index (χ1n) is 5.97. The molecule has 1 aromatic rings. The van der Waals surface area contributed by atoms with E-state index in [4.69, 9.17) is 4.74 Å². The van der Waals surface area contributed by atoms with E-state index >= 15 is 0 Å². The van der Waals surface area contributed by atoms with Gasteiger partial charge in [0.15, 0.2) is 0 Å². The van der Waals surface area contributed by atoms with Gasteiger partial charge in [-0.15, -0.1) is 0 Å². The second kappa shape index (κ2) is 6.66. The number of aromatic nitrogens is 2. The van der Waals surface area contributed by atoms with E-state index in [9.17, 15) is 0 Å². The highest BCUT2D eigenvalue weighted by Crippen LogP contribution is 2.21. The summed E-state index contributed by atoms with van der Waals surface area (Å²) in [5.41, 5.74) is 1.20. The second-order valence-corrected chi connectivity index (χ2v) is 4.05. The van der Waals surface area contributed by atoms with Gasteiger partial charge in [-0.05, 0) is 13.0 Å². The number of aryl methyl sites for hydroxylation is 1. The van der Waals surface area contributed by atoms with Crippen LogP contribution < -0.4 is 5.32 Å². The van der Waals surface area contributed by atoms with Gasteiger partial charge in [-0.3, -0.25) is 4.68 Å². The molecule has 4 heteroatoms. The normalized spacial score (nSPS) is 15.0. The van der Waals surface area contributed by atoms with Crippen LogP contribution in [0.2, 0.25) is 0 Å². The summed E-state index contributed by atoms with van der Waals surface area (Å²) in [6, 6.07) is 0.239. The van der Waals surface area contributed by atoms with Crippen LogP contribution in [0, 0.1) is 0 Å². The second-order valence-electron chi connectivity index (χ2n) is 4.05. The van der Waals surface area contributed by atoms with Crippen molar-refractivity contribution in [2.75, 3.05) is 13.7 Å². The predicted octanol–water partition coefficient (Wildman–Crippen LogP) is 1.89. The first-order valence-corrected chi connectivity index (χ1v) is 5.97. The average Bonchev–Trinajstić information content (AvgIpc) is 2.70. The monoisotopic (exact) mass is 225 g/mol. The highest BCUT2D eigenvalue weighted by atomic mass is 16.5. The minimum Gasteiger partial charge on any atom is -0.379 e. The Hall–Kier alpha value is -0.870. The van der Waals surface area contributed by atoms with Crippen LogP contribution in [0.1, 0.15) is 38.3 Å². The Labute approximate surface area is 98.0 Å². The molecule has 0 aliphatic heterocycles. The Bertz CT molecular complexity index is 298. The van der Waals surface area contributed by atoms with Crippen molar-refractivity contribution in [2.24, 2.45) is 7.05 Å². The minimum atomic E-state index is 0.217. The largest absolute Gasteiger partial charge is 0.379 e. The van der Waals surface area contributed by atoms with Crippen LogP contribution in [0.25, 0.3) is 0 Å². The average molecular weight is 225 g/mol. The zero-order valence-corrected chi connectivity index (χ0v) is 10.7. The highest BCUT2D eigenvalue weighted by Gasteiger charge is 2.22. The van der Waals surface area contributed by atoms with Crippen LogP contribution in [0.3, 0.4) is 0 Å². The molecule has 0 radical (unpaired) electrons. The molecule has 0 aromatic carbocycles. The maximum absolute atomic E-state index is 5.57. The summed E-state index contributed by atoms with van der Waals surface area (Å²) < 4.78 is 7.40. The molecule has 92 valence electrons. The first-order chi connectivity index (χ1) is 7.72. The number of nitrogens with zero attached hydrogens (tertiary/aromatic N) is 2. The summed E-state index contributed by atoms with van der Waals surface area (Å²) in [6.07, 6.45) is 6.36. The number of hydrogen-bond acceptors (Lipinski definition) is 3. The molecule has 2 unspecified atom stereocenters. The van der Waals surface area contributed by atoms with Gasteiger partial charge in [0.1, 0.15) is 0 Å². The maximum atomic E-state index is 5.57. The van der Waals surface area contributed by atoms with Crippen molar-refractivity contribution in [1.82, 2.24) is 15.1 Å². The van der Waals surface area contributed by atoms with E-state index in [1.807, 2.05) is 17.9 Å². The smallest absolute Gasteiger partial charge is 0.0767 e. The van der Waals surface area contributed by atoms with E-state index in [1.54, 1.807) is 7.11 Å². The van der Waals surface area contributed by atoms with Crippen molar-refractivity contribution >= 4 is 0 Å². The highest BCUT2D eigenvalue weighted by molar-refractivity contribution is 5.12. The molecule has 0 fully saturated rings. The lowest BCUT2D eigenvalue weighted by Crippen LogP contribution is -2.33. The van der Waals surface area contributed by atoms with Crippen LogP contribution in [-0.2, 0) is 11.8 Å². The standard InChI is InChI=1S/C12H23N3O/c1-5-7-11(16-4)12(13-6-2)10-8-14-15(3)9-10/h8-9,11-13H,5-7H2,1-4H3. The molecule has 0 bridgehead atoms. The van der Waals surface area contributed by atoms with E-state index in [2.05, 4.69) is 30.5 Å². The number of likely N-dealkylation sites (N-methyl/N-ethyl adjacent to an activating group) is 1. The van der Waals surface area contributed by atoms with E-state index < -0.39 is 0 Å². The Balaban J connectivity index is 2.79. The fourth-order valence-electron chi connectivity index (χ4n) is 1.99. The van der Waals surface area contributed by atoms with E-state index in [-0.39, 0.29) is 12.1 Å². The molecular weight excluding hydrogens is 202 g/mol. The Morgan fingerprint density at radius 3 is 2.69 bits per heavy atom. The summed E-state index contributed by atoms with van der Waals surface area (Å²) in [6.45, 7) is 5.23. The van der Waals surface area contributed by atoms with Crippen molar-refractivity contribution in [3.8, 4) is 0 Å². The third kappa shape index (κ3) is 3.32. The Morgan fingerprint density at radius 1 is 1.50 bits per heavy atom. The summed E-state index contributed by atoms with van der Waals surface area (Å²) >= 11 is 0. The van der Waals surface area contributed by atoms with Crippen molar-refractivity contribution in [1.29, 1.82) is 0 Å². The summed E-state index contributed by atoms with van der Waals surface area (Å²) in [4.78, 5) is 0. The SMILES string of the molecule is CCCC(OC)C(NCC)c1cnn(C)c1. The van der Waals surface area contributed by atoms with Gasteiger partial charge in [-0.1, -0.05) is 20.3 Å². The van der Waals surface area contributed by atoms with Crippen LogP contribution in [0.4, 0.5) is 0 Å². The van der Waals surface area contributed by atoms with Crippen molar-refractivity contribution < 1.29 is 4.74 Å². The lowest BCUT2D eigenvalue weighted by molar-refractivity contribution is 0.0611. The topological polar surface area (TPSA) is 39.1 Å². The molecule has 1 rings (SSSR count). The van der Waals surface area contributed by atoms with E-state index in [0.29, 0.717) is 0 Å². The van der Waals surface area contributed by atoms with E-state index in [0.717, 1.165) is 19.4 Å². The van der Waals surface area contributed by atoms with Gasteiger partial charge in [0.2, 0.25) is 0 Å². The first kappa shape index (κ1) is 13.2. The molecule has 0 amide bonds. The third-order valence-electron chi connectivity index (χ3n) is 2.76. The maximum Gasteiger partial charge on any atom is 0.0767 e. The summed E-state index contributed by atoms with van der Waals surface area (Å²) in [5, 5.41) is 7.69. The summed E-state index contributed by atoms with van der Waals surface area (Å²) in [5.74, 6) is 0. The van der Waals surface area contributed by atoms with Gasteiger partial charge < -0.3 is 10.1 Å². The molecule has 2 atom stereocenters. The van der Waals surface area contributed by atoms with Crippen molar-refractivity contribution in [2.45, 2.75) is 38.8 Å². The molecule has 1 aromatic heterocycles. The predicted molar refractivity (Wildman–Crippen MR) is 65.3 cm³/mol. The van der Waals surface area contributed by atoms with Gasteiger partial charge in [-0.2, -0.15) is 5.10 Å². The molecule has 16 heavy (non-hydrogen) atoms. The van der Waals surface area contributed by atoms with Crippen LogP contribution >= 0.6 is 0 Å². The molecule has 0 saturated carbocycles. The number of rotatable bonds is 7. The lowest BCUT2D eigenvalue weighted by atomic mass is 10.0. The number of ether oxygens (including phenoxy) is 1. The van der Waals surface area contributed by atoms with Gasteiger partial charge in [-0.25, -0.2) is 0 Å². The van der Waals surface area contributed by atoms with Crippen LogP contribution in [0.15, 0.2) is 12.4 Å². The molecule has 0 saturated heterocycles. The van der Waals surface area contributed by atoms with Gasteiger partial charge in [0.25, 0.3) is 0 Å². The van der Waals surface area contributed by atoms with Gasteiger partial charge >= 0.3 is 0 Å². The molecule has 1 N–H and O–H groups in total. The molecule has 0 aliphatic carbocycles. The number of methoxy groups -OCH3 is 1. The van der Waals surface area contributed by atoms with Gasteiger partial charge in [0.05, 0.1) is 18.3 Å². The molecule has 1 heterocycles. The minimum absolute atomic E-state index is 0.217. The number of hydrogen-bond donors (Lipinski definition) is 1. The fourth-order valence-corrected chi connectivity index (χ4v) is 1.99. The lowest BCUT2D eigenvalue weighted by Gasteiger charge is -2.25. The van der Waals surface area contributed by atoms with Crippen molar-refractivity contribution in [3.63, 3.8) is 0 Å². The fraction of sp³-hybridized carbons (Fsp3) is 0.750. The zero-order chi connectivity index (χ0) is 12.0. The van der Waals surface area contributed by atoms with E-state index in [1.165, 1.54) is 5.56 Å².